The lowest BCUT2D eigenvalue weighted by Gasteiger charge is -2.02. The van der Waals surface area contributed by atoms with Crippen molar-refractivity contribution in [1.29, 1.82) is 0 Å². The SMILES string of the molecule is CCCc1ccc(-c2ncc(C(N)=O)cn2)cc1. The number of hydrogen-bond donors (Lipinski definition) is 1. The van der Waals surface area contributed by atoms with E-state index in [1.807, 2.05) is 12.1 Å². The first-order valence-corrected chi connectivity index (χ1v) is 5.92. The number of aromatic nitrogens is 2. The molecule has 0 aliphatic heterocycles. The van der Waals surface area contributed by atoms with E-state index >= 15 is 0 Å². The van der Waals surface area contributed by atoms with E-state index in [1.165, 1.54) is 18.0 Å². The van der Waals surface area contributed by atoms with Crippen LogP contribution in [0.25, 0.3) is 11.4 Å². The van der Waals surface area contributed by atoms with Gasteiger partial charge in [-0.05, 0) is 12.0 Å². The van der Waals surface area contributed by atoms with Crippen molar-refractivity contribution in [1.82, 2.24) is 9.97 Å². The highest BCUT2D eigenvalue weighted by atomic mass is 16.1. The number of nitrogens with two attached hydrogens (primary N) is 1. The van der Waals surface area contributed by atoms with E-state index in [0.717, 1.165) is 18.4 Å². The van der Waals surface area contributed by atoms with Crippen LogP contribution in [0, 0.1) is 0 Å². The fraction of sp³-hybridized carbons (Fsp3) is 0.214. The number of benzene rings is 1. The second-order valence-electron chi connectivity index (χ2n) is 4.11. The molecule has 2 aromatic rings. The Morgan fingerprint density at radius 2 is 1.78 bits per heavy atom. The first-order chi connectivity index (χ1) is 8.70. The summed E-state index contributed by atoms with van der Waals surface area (Å²) in [6.45, 7) is 2.15. The van der Waals surface area contributed by atoms with Crippen LogP contribution in [0.4, 0.5) is 0 Å². The standard InChI is InChI=1S/C14H15N3O/c1-2-3-10-4-6-11(7-5-10)14-16-8-12(9-17-14)13(15)18/h4-9H,2-3H2,1H3,(H2,15,18). The van der Waals surface area contributed by atoms with E-state index < -0.39 is 5.91 Å². The predicted molar refractivity (Wildman–Crippen MR) is 70.0 cm³/mol. The van der Waals surface area contributed by atoms with Gasteiger partial charge in [-0.2, -0.15) is 0 Å². The van der Waals surface area contributed by atoms with Gasteiger partial charge in [0.25, 0.3) is 5.91 Å². The quantitative estimate of drug-likeness (QED) is 0.892. The largest absolute Gasteiger partial charge is 0.366 e. The maximum Gasteiger partial charge on any atom is 0.251 e. The summed E-state index contributed by atoms with van der Waals surface area (Å²) < 4.78 is 0. The normalized spacial score (nSPS) is 10.3. The van der Waals surface area contributed by atoms with Gasteiger partial charge in [0, 0.05) is 18.0 Å². The van der Waals surface area contributed by atoms with Gasteiger partial charge < -0.3 is 5.73 Å². The van der Waals surface area contributed by atoms with Crippen molar-refractivity contribution < 1.29 is 4.79 Å². The molecule has 0 saturated heterocycles. The molecule has 2 N–H and O–H groups in total. The van der Waals surface area contributed by atoms with Crippen molar-refractivity contribution >= 4 is 5.91 Å². The van der Waals surface area contributed by atoms with Gasteiger partial charge in [-0.3, -0.25) is 4.79 Å². The fourth-order valence-corrected chi connectivity index (χ4v) is 1.71. The molecule has 0 atom stereocenters. The maximum absolute atomic E-state index is 10.9. The topological polar surface area (TPSA) is 68.9 Å². The summed E-state index contributed by atoms with van der Waals surface area (Å²) in [4.78, 5) is 19.2. The molecular weight excluding hydrogens is 226 g/mol. The Hall–Kier alpha value is -2.23. The van der Waals surface area contributed by atoms with Crippen molar-refractivity contribution in [2.75, 3.05) is 0 Å². The van der Waals surface area contributed by atoms with Gasteiger partial charge in [0.2, 0.25) is 0 Å². The molecule has 4 heteroatoms. The Bertz CT molecular complexity index is 532. The third-order valence-corrected chi connectivity index (χ3v) is 2.69. The number of carbonyl (C=O) groups is 1. The summed E-state index contributed by atoms with van der Waals surface area (Å²) in [6, 6.07) is 8.13. The minimum Gasteiger partial charge on any atom is -0.366 e. The molecule has 18 heavy (non-hydrogen) atoms. The summed E-state index contributed by atoms with van der Waals surface area (Å²) >= 11 is 0. The highest BCUT2D eigenvalue weighted by Gasteiger charge is 2.04. The van der Waals surface area contributed by atoms with Crippen LogP contribution >= 0.6 is 0 Å². The first-order valence-electron chi connectivity index (χ1n) is 5.92. The Labute approximate surface area is 106 Å². The molecule has 1 aromatic heterocycles. The second kappa shape index (κ2) is 5.40. The third-order valence-electron chi connectivity index (χ3n) is 2.69. The van der Waals surface area contributed by atoms with Gasteiger partial charge >= 0.3 is 0 Å². The van der Waals surface area contributed by atoms with Crippen LogP contribution in [0.15, 0.2) is 36.7 Å². The van der Waals surface area contributed by atoms with Gasteiger partial charge in [-0.15, -0.1) is 0 Å². The lowest BCUT2D eigenvalue weighted by Crippen LogP contribution is -2.11. The predicted octanol–water partition coefficient (Wildman–Crippen LogP) is 2.20. The molecule has 0 unspecified atom stereocenters. The zero-order valence-corrected chi connectivity index (χ0v) is 10.3. The molecule has 0 spiro atoms. The van der Waals surface area contributed by atoms with E-state index in [4.69, 9.17) is 5.73 Å². The van der Waals surface area contributed by atoms with Crippen molar-refractivity contribution in [3.8, 4) is 11.4 Å². The van der Waals surface area contributed by atoms with Crippen LogP contribution < -0.4 is 5.73 Å². The van der Waals surface area contributed by atoms with Crippen LogP contribution in [-0.4, -0.2) is 15.9 Å². The molecule has 0 fully saturated rings. The Balaban J connectivity index is 2.23. The zero-order valence-electron chi connectivity index (χ0n) is 10.3. The highest BCUT2D eigenvalue weighted by Crippen LogP contribution is 2.16. The first kappa shape index (κ1) is 12.2. The van der Waals surface area contributed by atoms with Crippen LogP contribution in [-0.2, 0) is 6.42 Å². The minimum atomic E-state index is -0.514. The average Bonchev–Trinajstić information content (AvgIpc) is 2.40. The fourth-order valence-electron chi connectivity index (χ4n) is 1.71. The summed E-state index contributed by atoms with van der Waals surface area (Å²) in [6.07, 6.45) is 5.10. The molecule has 0 aliphatic rings. The summed E-state index contributed by atoms with van der Waals surface area (Å²) in [7, 11) is 0. The zero-order chi connectivity index (χ0) is 13.0. The molecule has 0 aliphatic carbocycles. The van der Waals surface area contributed by atoms with E-state index in [0.29, 0.717) is 11.4 Å². The van der Waals surface area contributed by atoms with Crippen LogP contribution in [0.3, 0.4) is 0 Å². The van der Waals surface area contributed by atoms with Crippen molar-refractivity contribution in [3.63, 3.8) is 0 Å². The van der Waals surface area contributed by atoms with Gasteiger partial charge in [0.15, 0.2) is 5.82 Å². The minimum absolute atomic E-state index is 0.321. The molecule has 1 amide bonds. The van der Waals surface area contributed by atoms with Gasteiger partial charge in [0.1, 0.15) is 0 Å². The second-order valence-corrected chi connectivity index (χ2v) is 4.11. The molecular formula is C14H15N3O. The monoisotopic (exact) mass is 241 g/mol. The molecule has 0 radical (unpaired) electrons. The molecule has 0 saturated carbocycles. The van der Waals surface area contributed by atoms with Crippen molar-refractivity contribution in [3.05, 3.63) is 47.8 Å². The Morgan fingerprint density at radius 1 is 1.17 bits per heavy atom. The van der Waals surface area contributed by atoms with E-state index in [2.05, 4.69) is 29.0 Å². The van der Waals surface area contributed by atoms with E-state index in [1.54, 1.807) is 0 Å². The lowest BCUT2D eigenvalue weighted by atomic mass is 10.1. The van der Waals surface area contributed by atoms with E-state index in [-0.39, 0.29) is 0 Å². The molecule has 0 bridgehead atoms. The van der Waals surface area contributed by atoms with Gasteiger partial charge in [0.05, 0.1) is 5.56 Å². The number of aryl methyl sites for hydroxylation is 1. The Morgan fingerprint density at radius 3 is 2.28 bits per heavy atom. The summed E-state index contributed by atoms with van der Waals surface area (Å²) in [5, 5.41) is 0. The molecule has 4 nitrogen and oxygen atoms in total. The number of nitrogens with zero attached hydrogens (tertiary/aromatic N) is 2. The average molecular weight is 241 g/mol. The number of hydrogen-bond acceptors (Lipinski definition) is 3. The number of primary amides is 1. The summed E-state index contributed by atoms with van der Waals surface area (Å²) in [5.41, 5.74) is 7.69. The lowest BCUT2D eigenvalue weighted by molar-refractivity contribution is 0.0999. The number of rotatable bonds is 4. The molecule has 1 heterocycles. The smallest absolute Gasteiger partial charge is 0.251 e. The number of carbonyl (C=O) groups excluding carboxylic acids is 1. The van der Waals surface area contributed by atoms with Crippen LogP contribution in [0.5, 0.6) is 0 Å². The molecule has 2 rings (SSSR count). The van der Waals surface area contributed by atoms with Gasteiger partial charge in [-0.25, -0.2) is 9.97 Å². The molecule has 1 aromatic carbocycles. The number of amides is 1. The van der Waals surface area contributed by atoms with Crippen LogP contribution in [0.1, 0.15) is 29.3 Å². The third kappa shape index (κ3) is 2.71. The highest BCUT2D eigenvalue weighted by molar-refractivity contribution is 5.92. The van der Waals surface area contributed by atoms with Crippen LogP contribution in [0.2, 0.25) is 0 Å². The van der Waals surface area contributed by atoms with Crippen molar-refractivity contribution in [2.24, 2.45) is 5.73 Å². The van der Waals surface area contributed by atoms with Gasteiger partial charge in [-0.1, -0.05) is 37.6 Å². The molecule has 92 valence electrons. The summed E-state index contributed by atoms with van der Waals surface area (Å²) in [5.74, 6) is 0.0860. The van der Waals surface area contributed by atoms with E-state index in [9.17, 15) is 4.79 Å². The Kier molecular flexibility index (Phi) is 3.67. The maximum atomic E-state index is 10.9. The van der Waals surface area contributed by atoms with Crippen molar-refractivity contribution in [2.45, 2.75) is 19.8 Å².